The largest absolute Gasteiger partial charge is 0.486 e. The molecule has 0 saturated carbocycles. The molecule has 1 amide bonds. The zero-order chi connectivity index (χ0) is 16.4. The van der Waals surface area contributed by atoms with Gasteiger partial charge in [-0.15, -0.1) is 11.3 Å². The van der Waals surface area contributed by atoms with Crippen LogP contribution >= 0.6 is 11.3 Å². The van der Waals surface area contributed by atoms with Gasteiger partial charge in [0.2, 0.25) is 5.91 Å². The van der Waals surface area contributed by atoms with Crippen molar-refractivity contribution in [2.45, 2.75) is 25.3 Å². The summed E-state index contributed by atoms with van der Waals surface area (Å²) in [6.07, 6.45) is 3.10. The van der Waals surface area contributed by atoms with E-state index in [-0.39, 0.29) is 11.9 Å². The number of piperidine rings is 1. The molecular formula is C17H19N3O3S. The van der Waals surface area contributed by atoms with Crippen molar-refractivity contribution in [2.24, 2.45) is 0 Å². The number of rotatable bonds is 3. The van der Waals surface area contributed by atoms with Crippen LogP contribution < -0.4 is 20.1 Å². The SMILES string of the molecule is O=C(Nc1nc(-c2ccc3c(c2)OCCO3)cs1)C1CCCCN1. The Morgan fingerprint density at radius 1 is 1.25 bits per heavy atom. The van der Waals surface area contributed by atoms with Crippen molar-refractivity contribution >= 4 is 22.4 Å². The molecule has 2 aliphatic heterocycles. The minimum atomic E-state index is -0.111. The summed E-state index contributed by atoms with van der Waals surface area (Å²) in [5.41, 5.74) is 1.77. The van der Waals surface area contributed by atoms with Crippen LogP contribution in [0.2, 0.25) is 0 Å². The van der Waals surface area contributed by atoms with Crippen LogP contribution in [-0.2, 0) is 4.79 Å². The molecule has 0 radical (unpaired) electrons. The van der Waals surface area contributed by atoms with Crippen molar-refractivity contribution in [1.29, 1.82) is 0 Å². The van der Waals surface area contributed by atoms with Gasteiger partial charge in [-0.25, -0.2) is 4.98 Å². The highest BCUT2D eigenvalue weighted by Gasteiger charge is 2.21. The molecular weight excluding hydrogens is 326 g/mol. The van der Waals surface area contributed by atoms with E-state index in [1.54, 1.807) is 0 Å². The smallest absolute Gasteiger partial charge is 0.243 e. The monoisotopic (exact) mass is 345 g/mol. The lowest BCUT2D eigenvalue weighted by atomic mass is 10.0. The molecule has 1 saturated heterocycles. The van der Waals surface area contributed by atoms with E-state index >= 15 is 0 Å². The molecule has 1 fully saturated rings. The lowest BCUT2D eigenvalue weighted by Crippen LogP contribution is -2.43. The number of carbonyl (C=O) groups is 1. The van der Waals surface area contributed by atoms with Crippen LogP contribution in [0.1, 0.15) is 19.3 Å². The number of aromatic nitrogens is 1. The van der Waals surface area contributed by atoms with E-state index in [9.17, 15) is 4.79 Å². The quantitative estimate of drug-likeness (QED) is 0.895. The van der Waals surface area contributed by atoms with Crippen LogP contribution in [0, 0.1) is 0 Å². The zero-order valence-electron chi connectivity index (χ0n) is 13.2. The van der Waals surface area contributed by atoms with Crippen LogP contribution in [0.15, 0.2) is 23.6 Å². The van der Waals surface area contributed by atoms with Gasteiger partial charge in [0.05, 0.1) is 11.7 Å². The van der Waals surface area contributed by atoms with E-state index < -0.39 is 0 Å². The summed E-state index contributed by atoms with van der Waals surface area (Å²) in [7, 11) is 0. The maximum absolute atomic E-state index is 12.3. The first-order valence-electron chi connectivity index (χ1n) is 8.19. The average molecular weight is 345 g/mol. The molecule has 2 aliphatic rings. The van der Waals surface area contributed by atoms with Gasteiger partial charge in [0.1, 0.15) is 13.2 Å². The first-order chi connectivity index (χ1) is 11.8. The molecule has 1 aromatic heterocycles. The van der Waals surface area contributed by atoms with Crippen molar-refractivity contribution in [2.75, 3.05) is 25.1 Å². The van der Waals surface area contributed by atoms with E-state index in [4.69, 9.17) is 9.47 Å². The number of ether oxygens (including phenoxy) is 2. The van der Waals surface area contributed by atoms with Gasteiger partial charge in [0, 0.05) is 10.9 Å². The number of carbonyl (C=O) groups excluding carboxylic acids is 1. The third-order valence-corrected chi connectivity index (χ3v) is 4.96. The Morgan fingerprint density at radius 3 is 2.96 bits per heavy atom. The van der Waals surface area contributed by atoms with Gasteiger partial charge in [-0.3, -0.25) is 4.79 Å². The number of hydrogen-bond donors (Lipinski definition) is 2. The molecule has 1 unspecified atom stereocenters. The summed E-state index contributed by atoms with van der Waals surface area (Å²) in [4.78, 5) is 16.8. The van der Waals surface area contributed by atoms with Crippen LogP contribution in [0.4, 0.5) is 5.13 Å². The highest BCUT2D eigenvalue weighted by atomic mass is 32.1. The van der Waals surface area contributed by atoms with Crippen LogP contribution in [0.5, 0.6) is 11.5 Å². The second-order valence-corrected chi connectivity index (χ2v) is 6.75. The minimum Gasteiger partial charge on any atom is -0.486 e. The van der Waals surface area contributed by atoms with E-state index in [1.807, 2.05) is 23.6 Å². The molecule has 1 atom stereocenters. The highest BCUT2D eigenvalue weighted by molar-refractivity contribution is 7.14. The lowest BCUT2D eigenvalue weighted by Gasteiger charge is -2.21. The Bertz CT molecular complexity index is 740. The second kappa shape index (κ2) is 6.78. The molecule has 24 heavy (non-hydrogen) atoms. The molecule has 2 N–H and O–H groups in total. The molecule has 0 bridgehead atoms. The van der Waals surface area contributed by atoms with Crippen LogP contribution in [-0.4, -0.2) is 36.7 Å². The van der Waals surface area contributed by atoms with Crippen molar-refractivity contribution in [3.8, 4) is 22.8 Å². The Labute approximate surface area is 144 Å². The molecule has 2 aromatic rings. The van der Waals surface area contributed by atoms with Gasteiger partial charge in [-0.05, 0) is 37.6 Å². The number of hydrogen-bond acceptors (Lipinski definition) is 6. The normalized spacial score (nSPS) is 19.8. The number of anilines is 1. The number of nitrogens with zero attached hydrogens (tertiary/aromatic N) is 1. The molecule has 3 heterocycles. The first-order valence-corrected chi connectivity index (χ1v) is 9.07. The van der Waals surface area contributed by atoms with E-state index in [0.717, 1.165) is 48.6 Å². The number of benzene rings is 1. The molecule has 7 heteroatoms. The van der Waals surface area contributed by atoms with Gasteiger partial charge in [0.15, 0.2) is 16.6 Å². The molecule has 0 aliphatic carbocycles. The molecule has 126 valence electrons. The average Bonchev–Trinajstić information content (AvgIpc) is 3.10. The summed E-state index contributed by atoms with van der Waals surface area (Å²) in [5.74, 6) is 1.50. The third kappa shape index (κ3) is 3.22. The Hall–Kier alpha value is -2.12. The van der Waals surface area contributed by atoms with Gasteiger partial charge < -0.3 is 20.1 Å². The van der Waals surface area contributed by atoms with E-state index in [0.29, 0.717) is 18.3 Å². The van der Waals surface area contributed by atoms with Crippen LogP contribution in [0.3, 0.4) is 0 Å². The fourth-order valence-corrected chi connectivity index (χ4v) is 3.66. The van der Waals surface area contributed by atoms with Crippen molar-refractivity contribution in [3.63, 3.8) is 0 Å². The molecule has 6 nitrogen and oxygen atoms in total. The van der Waals surface area contributed by atoms with Crippen molar-refractivity contribution in [3.05, 3.63) is 23.6 Å². The van der Waals surface area contributed by atoms with Gasteiger partial charge in [-0.2, -0.15) is 0 Å². The Kier molecular flexibility index (Phi) is 4.36. The third-order valence-electron chi connectivity index (χ3n) is 4.20. The van der Waals surface area contributed by atoms with E-state index in [1.165, 1.54) is 11.3 Å². The molecule has 4 rings (SSSR count). The molecule has 0 spiro atoms. The fraction of sp³-hybridized carbons (Fsp3) is 0.412. The number of thiazole rings is 1. The maximum Gasteiger partial charge on any atom is 0.243 e. The van der Waals surface area contributed by atoms with Crippen molar-refractivity contribution < 1.29 is 14.3 Å². The van der Waals surface area contributed by atoms with Crippen molar-refractivity contribution in [1.82, 2.24) is 10.3 Å². The molecule has 1 aromatic carbocycles. The number of fused-ring (bicyclic) bond motifs is 1. The predicted octanol–water partition coefficient (Wildman–Crippen LogP) is 2.66. The topological polar surface area (TPSA) is 72.5 Å². The van der Waals surface area contributed by atoms with Crippen LogP contribution in [0.25, 0.3) is 11.3 Å². The standard InChI is InChI=1S/C17H19N3O3S/c21-16(12-3-1-2-6-18-12)20-17-19-13(10-24-17)11-4-5-14-15(9-11)23-8-7-22-14/h4-5,9-10,12,18H,1-3,6-8H2,(H,19,20,21). The predicted molar refractivity (Wildman–Crippen MR) is 92.8 cm³/mol. The Morgan fingerprint density at radius 2 is 2.12 bits per heavy atom. The highest BCUT2D eigenvalue weighted by Crippen LogP contribution is 2.35. The maximum atomic E-state index is 12.3. The van der Waals surface area contributed by atoms with Gasteiger partial charge >= 0.3 is 0 Å². The van der Waals surface area contributed by atoms with Gasteiger partial charge in [0.25, 0.3) is 0 Å². The zero-order valence-corrected chi connectivity index (χ0v) is 14.0. The Balaban J connectivity index is 1.47. The summed E-state index contributed by atoms with van der Waals surface area (Å²) >= 11 is 1.43. The lowest BCUT2D eigenvalue weighted by molar-refractivity contribution is -0.118. The van der Waals surface area contributed by atoms with Gasteiger partial charge in [-0.1, -0.05) is 6.42 Å². The summed E-state index contributed by atoms with van der Waals surface area (Å²) < 4.78 is 11.1. The summed E-state index contributed by atoms with van der Waals surface area (Å²) in [6.45, 7) is 2.04. The summed E-state index contributed by atoms with van der Waals surface area (Å²) in [6, 6.07) is 5.67. The van der Waals surface area contributed by atoms with E-state index in [2.05, 4.69) is 15.6 Å². The number of nitrogens with one attached hydrogen (secondary N) is 2. The minimum absolute atomic E-state index is 0.00206. The second-order valence-electron chi connectivity index (χ2n) is 5.89. The first kappa shape index (κ1) is 15.4. The fourth-order valence-electron chi connectivity index (χ4n) is 2.93. The number of amides is 1. The summed E-state index contributed by atoms with van der Waals surface area (Å²) in [5, 5.41) is 8.72.